The Morgan fingerprint density at radius 2 is 2.00 bits per heavy atom. The van der Waals surface area contributed by atoms with Gasteiger partial charge in [0.15, 0.2) is 0 Å². The lowest BCUT2D eigenvalue weighted by Crippen LogP contribution is -2.18. The van der Waals surface area contributed by atoms with Gasteiger partial charge in [-0.15, -0.1) is 0 Å². The van der Waals surface area contributed by atoms with Gasteiger partial charge < -0.3 is 0 Å². The van der Waals surface area contributed by atoms with E-state index >= 15 is 0 Å². The molecule has 1 saturated carbocycles. The summed E-state index contributed by atoms with van der Waals surface area (Å²) in [6.07, 6.45) is 4.22. The number of carbonyl (C=O) groups excluding carboxylic acids is 1. The summed E-state index contributed by atoms with van der Waals surface area (Å²) in [7, 11) is -2.90. The molecule has 16 heavy (non-hydrogen) atoms. The van der Waals surface area contributed by atoms with Gasteiger partial charge in [-0.2, -0.15) is 0 Å². The lowest BCUT2D eigenvalue weighted by atomic mass is 9.91. The molecule has 2 unspecified atom stereocenters. The molecule has 1 rings (SSSR count). The summed E-state index contributed by atoms with van der Waals surface area (Å²) < 4.78 is 22.5. The third-order valence-electron chi connectivity index (χ3n) is 3.59. The molecule has 0 heterocycles. The van der Waals surface area contributed by atoms with Gasteiger partial charge in [0, 0.05) is 18.1 Å². The van der Waals surface area contributed by atoms with Gasteiger partial charge in [-0.1, -0.05) is 20.3 Å². The van der Waals surface area contributed by atoms with Gasteiger partial charge in [0.1, 0.15) is 15.6 Å². The molecule has 0 aromatic carbocycles. The first-order chi connectivity index (χ1) is 7.46. The zero-order chi connectivity index (χ0) is 12.2. The number of hydrogen-bond acceptors (Lipinski definition) is 3. The fraction of sp³-hybridized carbons (Fsp3) is 0.917. The summed E-state index contributed by atoms with van der Waals surface area (Å²) in [5, 5.41) is 0. The zero-order valence-electron chi connectivity index (χ0n) is 10.2. The lowest BCUT2D eigenvalue weighted by molar-refractivity contribution is -0.123. The number of ketones is 1. The second-order valence-electron chi connectivity index (χ2n) is 4.82. The van der Waals surface area contributed by atoms with Crippen LogP contribution < -0.4 is 0 Å². The van der Waals surface area contributed by atoms with Gasteiger partial charge >= 0.3 is 0 Å². The minimum Gasteiger partial charge on any atom is -0.299 e. The molecule has 0 bridgehead atoms. The molecule has 3 nitrogen and oxygen atoms in total. The Labute approximate surface area is 98.5 Å². The number of hydrogen-bond donors (Lipinski definition) is 0. The third kappa shape index (κ3) is 3.89. The molecule has 0 aromatic heterocycles. The molecule has 0 aromatic rings. The van der Waals surface area contributed by atoms with E-state index in [9.17, 15) is 13.2 Å². The molecule has 1 aliphatic carbocycles. The van der Waals surface area contributed by atoms with Crippen LogP contribution in [-0.4, -0.2) is 25.7 Å². The van der Waals surface area contributed by atoms with E-state index in [0.717, 1.165) is 19.3 Å². The predicted octanol–water partition coefficient (Wildman–Crippen LogP) is 2.21. The van der Waals surface area contributed by atoms with Crippen LogP contribution in [-0.2, 0) is 14.6 Å². The Bertz CT molecular complexity index is 332. The highest BCUT2D eigenvalue weighted by atomic mass is 32.2. The number of Topliss-reactive ketones (excluding diaryl/α,β-unsaturated/α-hetero) is 1. The summed E-state index contributed by atoms with van der Waals surface area (Å²) in [6, 6.07) is 0. The zero-order valence-corrected chi connectivity index (χ0v) is 11.1. The monoisotopic (exact) mass is 246 g/mol. The van der Waals surface area contributed by atoms with E-state index in [2.05, 4.69) is 6.92 Å². The molecule has 2 atom stereocenters. The maximum absolute atomic E-state index is 11.8. The molecule has 0 radical (unpaired) electrons. The second-order valence-corrected chi connectivity index (χ2v) is 7.29. The largest absolute Gasteiger partial charge is 0.299 e. The van der Waals surface area contributed by atoms with E-state index < -0.39 is 9.84 Å². The van der Waals surface area contributed by atoms with Gasteiger partial charge in [0.2, 0.25) is 0 Å². The van der Waals surface area contributed by atoms with Crippen molar-refractivity contribution in [2.45, 2.75) is 46.0 Å². The van der Waals surface area contributed by atoms with Gasteiger partial charge in [-0.05, 0) is 25.2 Å². The average molecular weight is 246 g/mol. The fourth-order valence-electron chi connectivity index (χ4n) is 2.42. The van der Waals surface area contributed by atoms with Crippen molar-refractivity contribution in [3.05, 3.63) is 0 Å². The minimum absolute atomic E-state index is 0.163. The molecular formula is C12H22O3S. The first-order valence-corrected chi connectivity index (χ1v) is 8.01. The van der Waals surface area contributed by atoms with E-state index in [1.54, 1.807) is 6.92 Å². The average Bonchev–Trinajstić information content (AvgIpc) is 2.64. The quantitative estimate of drug-likeness (QED) is 0.722. The Kier molecular flexibility index (Phi) is 4.96. The molecule has 0 saturated heterocycles. The number of carbonyl (C=O) groups is 1. The minimum atomic E-state index is -2.90. The van der Waals surface area contributed by atoms with Gasteiger partial charge in [-0.25, -0.2) is 8.42 Å². The molecule has 0 spiro atoms. The van der Waals surface area contributed by atoms with Crippen LogP contribution in [0.3, 0.4) is 0 Å². The van der Waals surface area contributed by atoms with Crippen LogP contribution in [0.4, 0.5) is 0 Å². The Morgan fingerprint density at radius 3 is 2.50 bits per heavy atom. The van der Waals surface area contributed by atoms with E-state index in [4.69, 9.17) is 0 Å². The first kappa shape index (κ1) is 13.7. The van der Waals surface area contributed by atoms with Crippen molar-refractivity contribution in [1.29, 1.82) is 0 Å². The van der Waals surface area contributed by atoms with Crippen LogP contribution in [0, 0.1) is 11.8 Å². The number of sulfone groups is 1. The van der Waals surface area contributed by atoms with E-state index in [0.29, 0.717) is 18.8 Å². The second kappa shape index (κ2) is 5.80. The van der Waals surface area contributed by atoms with Crippen molar-refractivity contribution in [1.82, 2.24) is 0 Å². The summed E-state index contributed by atoms with van der Waals surface area (Å²) >= 11 is 0. The maximum atomic E-state index is 11.8. The third-order valence-corrected chi connectivity index (χ3v) is 5.38. The van der Waals surface area contributed by atoms with E-state index in [1.807, 2.05) is 0 Å². The molecule has 4 heteroatoms. The van der Waals surface area contributed by atoms with Crippen molar-refractivity contribution in [2.24, 2.45) is 11.8 Å². The Morgan fingerprint density at radius 1 is 1.31 bits per heavy atom. The number of rotatable bonds is 6. The lowest BCUT2D eigenvalue weighted by Gasteiger charge is -2.13. The van der Waals surface area contributed by atoms with Gasteiger partial charge in [0.05, 0.1) is 5.75 Å². The summed E-state index contributed by atoms with van der Waals surface area (Å²) in [5.41, 5.74) is 0. The van der Waals surface area contributed by atoms with Crippen molar-refractivity contribution < 1.29 is 13.2 Å². The highest BCUT2D eigenvalue weighted by Crippen LogP contribution is 2.32. The molecule has 1 fully saturated rings. The Balaban J connectivity index is 2.30. The topological polar surface area (TPSA) is 51.2 Å². The fourth-order valence-corrected chi connectivity index (χ4v) is 3.29. The predicted molar refractivity (Wildman–Crippen MR) is 65.1 cm³/mol. The molecule has 0 amide bonds. The highest BCUT2D eigenvalue weighted by molar-refractivity contribution is 7.91. The molecule has 94 valence electrons. The Hall–Kier alpha value is -0.380. The van der Waals surface area contributed by atoms with Crippen molar-refractivity contribution >= 4 is 15.6 Å². The highest BCUT2D eigenvalue weighted by Gasteiger charge is 2.28. The SMILES string of the molecule is CCS(=O)(=O)CCCC(=O)C1CCCC1C. The van der Waals surface area contributed by atoms with Crippen LogP contribution in [0.1, 0.15) is 46.0 Å². The van der Waals surface area contributed by atoms with Crippen LogP contribution in [0.2, 0.25) is 0 Å². The normalized spacial score (nSPS) is 25.9. The van der Waals surface area contributed by atoms with Crippen LogP contribution in [0.5, 0.6) is 0 Å². The van der Waals surface area contributed by atoms with Gasteiger partial charge in [-0.3, -0.25) is 4.79 Å². The summed E-state index contributed by atoms with van der Waals surface area (Å²) in [4.78, 5) is 11.8. The molecule has 0 N–H and O–H groups in total. The van der Waals surface area contributed by atoms with E-state index in [1.165, 1.54) is 0 Å². The van der Waals surface area contributed by atoms with Crippen LogP contribution >= 0.6 is 0 Å². The summed E-state index contributed by atoms with van der Waals surface area (Å²) in [5.74, 6) is 1.31. The first-order valence-electron chi connectivity index (χ1n) is 6.19. The summed E-state index contributed by atoms with van der Waals surface area (Å²) in [6.45, 7) is 3.77. The van der Waals surface area contributed by atoms with Crippen LogP contribution in [0.15, 0.2) is 0 Å². The van der Waals surface area contributed by atoms with Crippen molar-refractivity contribution in [2.75, 3.05) is 11.5 Å². The maximum Gasteiger partial charge on any atom is 0.150 e. The van der Waals surface area contributed by atoms with E-state index in [-0.39, 0.29) is 23.2 Å². The van der Waals surface area contributed by atoms with Crippen molar-refractivity contribution in [3.63, 3.8) is 0 Å². The molecule has 0 aliphatic heterocycles. The smallest absolute Gasteiger partial charge is 0.150 e. The standard InChI is InChI=1S/C12H22O3S/c1-3-16(14,15)9-5-8-12(13)11-7-4-6-10(11)2/h10-11H,3-9H2,1-2H3. The van der Waals surface area contributed by atoms with Crippen LogP contribution in [0.25, 0.3) is 0 Å². The van der Waals surface area contributed by atoms with Crippen molar-refractivity contribution in [3.8, 4) is 0 Å². The molecular weight excluding hydrogens is 224 g/mol. The molecule has 1 aliphatic rings. The van der Waals surface area contributed by atoms with Gasteiger partial charge in [0.25, 0.3) is 0 Å².